The standard InChI is InChI=1S/C20H16N6O2/c1-12-17(20(28)23-15-9-3-2-8-14(15)19(21)27)24-25-26(12)16-10-4-6-13-7-5-11-22-18(13)16/h2-11H,1H3,(H2,21,27)(H,23,28). The van der Waals surface area contributed by atoms with Crippen LogP contribution < -0.4 is 11.1 Å². The summed E-state index contributed by atoms with van der Waals surface area (Å²) in [6.07, 6.45) is 1.70. The summed E-state index contributed by atoms with van der Waals surface area (Å²) >= 11 is 0. The Labute approximate surface area is 160 Å². The van der Waals surface area contributed by atoms with Crippen molar-refractivity contribution in [2.75, 3.05) is 5.32 Å². The van der Waals surface area contributed by atoms with E-state index in [9.17, 15) is 9.59 Å². The largest absolute Gasteiger partial charge is 0.366 e. The fraction of sp³-hybridized carbons (Fsp3) is 0.0500. The van der Waals surface area contributed by atoms with E-state index >= 15 is 0 Å². The monoisotopic (exact) mass is 372 g/mol. The Kier molecular flexibility index (Phi) is 4.29. The number of hydrogen-bond donors (Lipinski definition) is 2. The highest BCUT2D eigenvalue weighted by Gasteiger charge is 2.20. The molecule has 0 radical (unpaired) electrons. The van der Waals surface area contributed by atoms with Crippen LogP contribution in [0.5, 0.6) is 0 Å². The molecule has 8 heteroatoms. The molecule has 0 saturated carbocycles. The van der Waals surface area contributed by atoms with Gasteiger partial charge in [-0.3, -0.25) is 14.6 Å². The first-order valence-electron chi connectivity index (χ1n) is 8.53. The third-order valence-corrected chi connectivity index (χ3v) is 4.39. The maximum absolute atomic E-state index is 12.7. The second kappa shape index (κ2) is 6.92. The Hall–Kier alpha value is -4.07. The quantitative estimate of drug-likeness (QED) is 0.571. The zero-order chi connectivity index (χ0) is 19.7. The van der Waals surface area contributed by atoms with Gasteiger partial charge in [-0.05, 0) is 31.2 Å². The minimum absolute atomic E-state index is 0.146. The van der Waals surface area contributed by atoms with Crippen molar-refractivity contribution in [3.05, 3.63) is 77.7 Å². The lowest BCUT2D eigenvalue weighted by atomic mass is 10.1. The highest BCUT2D eigenvalue weighted by molar-refractivity contribution is 6.08. The minimum atomic E-state index is -0.627. The maximum Gasteiger partial charge on any atom is 0.278 e. The van der Waals surface area contributed by atoms with Crippen LogP contribution in [0.2, 0.25) is 0 Å². The van der Waals surface area contributed by atoms with Crippen LogP contribution >= 0.6 is 0 Å². The average molecular weight is 372 g/mol. The van der Waals surface area contributed by atoms with Crippen LogP contribution in [0, 0.1) is 6.92 Å². The molecule has 0 aliphatic carbocycles. The van der Waals surface area contributed by atoms with Gasteiger partial charge in [0.25, 0.3) is 11.8 Å². The van der Waals surface area contributed by atoms with Gasteiger partial charge in [0.05, 0.1) is 28.1 Å². The van der Waals surface area contributed by atoms with E-state index in [-0.39, 0.29) is 11.3 Å². The summed E-state index contributed by atoms with van der Waals surface area (Å²) in [6, 6.07) is 16.0. The Bertz CT molecular complexity index is 1210. The van der Waals surface area contributed by atoms with Gasteiger partial charge in [-0.1, -0.05) is 35.5 Å². The molecule has 0 saturated heterocycles. The summed E-state index contributed by atoms with van der Waals surface area (Å²) in [6.45, 7) is 1.75. The lowest BCUT2D eigenvalue weighted by Crippen LogP contribution is -2.19. The highest BCUT2D eigenvalue weighted by atomic mass is 16.2. The lowest BCUT2D eigenvalue weighted by molar-refractivity contribution is 0.100. The fourth-order valence-electron chi connectivity index (χ4n) is 3.02. The third-order valence-electron chi connectivity index (χ3n) is 4.39. The van der Waals surface area contributed by atoms with Gasteiger partial charge in [-0.25, -0.2) is 4.68 Å². The molecule has 0 fully saturated rings. The summed E-state index contributed by atoms with van der Waals surface area (Å²) in [7, 11) is 0. The fourth-order valence-corrected chi connectivity index (χ4v) is 3.02. The Morgan fingerprint density at radius 2 is 1.82 bits per heavy atom. The van der Waals surface area contributed by atoms with Crippen molar-refractivity contribution < 1.29 is 9.59 Å². The van der Waals surface area contributed by atoms with Crippen molar-refractivity contribution in [1.29, 1.82) is 0 Å². The lowest BCUT2D eigenvalue weighted by Gasteiger charge is -2.09. The summed E-state index contributed by atoms with van der Waals surface area (Å²) < 4.78 is 1.57. The van der Waals surface area contributed by atoms with Crippen LogP contribution in [0.1, 0.15) is 26.5 Å². The predicted octanol–water partition coefficient (Wildman–Crippen LogP) is 2.48. The number of rotatable bonds is 4. The van der Waals surface area contributed by atoms with E-state index in [1.54, 1.807) is 42.1 Å². The van der Waals surface area contributed by atoms with Gasteiger partial charge in [0, 0.05) is 11.6 Å². The van der Waals surface area contributed by atoms with Crippen LogP contribution in [0.25, 0.3) is 16.6 Å². The number of nitrogens with zero attached hydrogens (tertiary/aromatic N) is 4. The van der Waals surface area contributed by atoms with E-state index < -0.39 is 11.8 Å². The molecule has 2 aromatic heterocycles. The van der Waals surface area contributed by atoms with Gasteiger partial charge in [0.15, 0.2) is 5.69 Å². The van der Waals surface area contributed by atoms with Crippen molar-refractivity contribution >= 4 is 28.4 Å². The van der Waals surface area contributed by atoms with E-state index in [1.807, 2.05) is 30.3 Å². The van der Waals surface area contributed by atoms with Crippen molar-refractivity contribution in [3.8, 4) is 5.69 Å². The van der Waals surface area contributed by atoms with Gasteiger partial charge >= 0.3 is 0 Å². The molecule has 0 unspecified atom stereocenters. The number of hydrogen-bond acceptors (Lipinski definition) is 5. The Morgan fingerprint density at radius 1 is 1.04 bits per heavy atom. The highest BCUT2D eigenvalue weighted by Crippen LogP contribution is 2.22. The molecule has 0 aliphatic heterocycles. The van der Waals surface area contributed by atoms with Gasteiger partial charge in [0.1, 0.15) is 0 Å². The summed E-state index contributed by atoms with van der Waals surface area (Å²) in [5, 5.41) is 11.8. The number of carbonyl (C=O) groups is 2. The van der Waals surface area contributed by atoms with E-state index in [2.05, 4.69) is 20.6 Å². The smallest absolute Gasteiger partial charge is 0.278 e. The van der Waals surface area contributed by atoms with Crippen LogP contribution in [0.4, 0.5) is 5.69 Å². The SMILES string of the molecule is Cc1c(C(=O)Nc2ccccc2C(N)=O)nnn1-c1cccc2cccnc12. The molecule has 3 N–H and O–H groups in total. The number of nitrogens with two attached hydrogens (primary N) is 1. The molecule has 2 aromatic carbocycles. The van der Waals surface area contributed by atoms with E-state index in [1.165, 1.54) is 0 Å². The summed E-state index contributed by atoms with van der Waals surface area (Å²) in [4.78, 5) is 28.7. The first-order valence-corrected chi connectivity index (χ1v) is 8.53. The van der Waals surface area contributed by atoms with Crippen molar-refractivity contribution in [1.82, 2.24) is 20.0 Å². The number of amides is 2. The van der Waals surface area contributed by atoms with Crippen LogP contribution in [0.3, 0.4) is 0 Å². The third kappa shape index (κ3) is 2.96. The predicted molar refractivity (Wildman–Crippen MR) is 104 cm³/mol. The molecule has 0 spiro atoms. The first-order chi connectivity index (χ1) is 13.6. The summed E-state index contributed by atoms with van der Waals surface area (Å²) in [5.41, 5.74) is 8.07. The molecule has 0 atom stereocenters. The average Bonchev–Trinajstić information content (AvgIpc) is 3.09. The number of aromatic nitrogens is 4. The number of fused-ring (bicyclic) bond motifs is 1. The van der Waals surface area contributed by atoms with Gasteiger partial charge in [-0.15, -0.1) is 5.10 Å². The number of nitrogens with one attached hydrogen (secondary N) is 1. The van der Waals surface area contributed by atoms with Crippen molar-refractivity contribution in [2.45, 2.75) is 6.92 Å². The molecule has 4 aromatic rings. The number of anilines is 1. The molecule has 2 heterocycles. The molecule has 2 amide bonds. The zero-order valence-corrected chi connectivity index (χ0v) is 15.0. The maximum atomic E-state index is 12.7. The second-order valence-corrected chi connectivity index (χ2v) is 6.15. The van der Waals surface area contributed by atoms with Crippen LogP contribution in [-0.4, -0.2) is 31.8 Å². The van der Waals surface area contributed by atoms with Gasteiger partial charge in [0.2, 0.25) is 0 Å². The van der Waals surface area contributed by atoms with Gasteiger partial charge < -0.3 is 11.1 Å². The number of para-hydroxylation sites is 2. The minimum Gasteiger partial charge on any atom is -0.366 e. The number of primary amides is 1. The van der Waals surface area contributed by atoms with Crippen molar-refractivity contribution in [2.24, 2.45) is 5.73 Å². The van der Waals surface area contributed by atoms with Crippen LogP contribution in [-0.2, 0) is 0 Å². The molecule has 0 aliphatic rings. The normalized spacial score (nSPS) is 10.8. The number of carbonyl (C=O) groups excluding carboxylic acids is 2. The summed E-state index contributed by atoms with van der Waals surface area (Å²) in [5.74, 6) is -1.11. The number of benzene rings is 2. The van der Waals surface area contributed by atoms with E-state index in [0.717, 1.165) is 16.6 Å². The molecule has 138 valence electrons. The molecule has 4 rings (SSSR count). The Morgan fingerprint density at radius 3 is 2.64 bits per heavy atom. The Balaban J connectivity index is 1.71. The van der Waals surface area contributed by atoms with Crippen molar-refractivity contribution in [3.63, 3.8) is 0 Å². The topological polar surface area (TPSA) is 116 Å². The van der Waals surface area contributed by atoms with E-state index in [0.29, 0.717) is 11.4 Å². The second-order valence-electron chi connectivity index (χ2n) is 6.15. The van der Waals surface area contributed by atoms with Crippen LogP contribution in [0.15, 0.2) is 60.8 Å². The number of pyridine rings is 1. The van der Waals surface area contributed by atoms with Gasteiger partial charge in [-0.2, -0.15) is 0 Å². The molecular weight excluding hydrogens is 356 g/mol. The first kappa shape index (κ1) is 17.3. The molecule has 28 heavy (non-hydrogen) atoms. The van der Waals surface area contributed by atoms with E-state index in [4.69, 9.17) is 5.73 Å². The molecule has 0 bridgehead atoms. The molecule has 8 nitrogen and oxygen atoms in total. The zero-order valence-electron chi connectivity index (χ0n) is 15.0. The molecular formula is C20H16N6O2.